The Balaban J connectivity index is 1.94. The number of carbonyl (C=O) groups is 4. The molecule has 3 rings (SSSR count). The van der Waals surface area contributed by atoms with Crippen LogP contribution in [0.5, 0.6) is 0 Å². The lowest BCUT2D eigenvalue weighted by molar-refractivity contribution is -0.360. The Morgan fingerprint density at radius 3 is 1.13 bits per heavy atom. The van der Waals surface area contributed by atoms with E-state index in [0.29, 0.717) is 38.0 Å². The maximum Gasteiger partial charge on any atom is 0.472 e. The fraction of sp³-hybridized carbons (Fsp3) is 0.911. The average molecular weight is 1680 g/mol. The number of allylic oxidation sites excluding steroid dienone is 4. The number of carbonyl (C=O) groups excluding carboxylic acids is 4. The molecule has 116 heavy (non-hydrogen) atoms. The summed E-state index contributed by atoms with van der Waals surface area (Å²) in [6.07, 6.45) is 26.2. The smallest absolute Gasteiger partial charge is 0.463 e. The van der Waals surface area contributed by atoms with Gasteiger partial charge in [0.2, 0.25) is 0 Å². The molecule has 0 radical (unpaired) electrons. The summed E-state index contributed by atoms with van der Waals surface area (Å²) in [5.74, 6) is -2.32. The third-order valence-electron chi connectivity index (χ3n) is 22.8. The van der Waals surface area contributed by atoms with Gasteiger partial charge in [-0.05, 0) is 83.0 Å². The van der Waals surface area contributed by atoms with E-state index in [1.807, 2.05) is 0 Å². The Morgan fingerprint density at radius 2 is 0.698 bits per heavy atom. The molecule has 10 N–H and O–H groups in total. The summed E-state index contributed by atoms with van der Waals surface area (Å²) in [5, 5.41) is 102. The van der Waals surface area contributed by atoms with Crippen molar-refractivity contribution < 1.29 is 122 Å². The van der Waals surface area contributed by atoms with Gasteiger partial charge in [0.15, 0.2) is 24.8 Å². The molecular formula is C90H165O25P. The third kappa shape index (κ3) is 48.7. The number of esters is 4. The van der Waals surface area contributed by atoms with Gasteiger partial charge in [-0.15, -0.1) is 0 Å². The van der Waals surface area contributed by atoms with Crippen LogP contribution in [0, 0.1) is 5.92 Å². The Hall–Kier alpha value is -3.05. The van der Waals surface area contributed by atoms with E-state index in [1.54, 1.807) is 0 Å². The van der Waals surface area contributed by atoms with Gasteiger partial charge in [-0.25, -0.2) is 4.57 Å². The monoisotopic (exact) mass is 1680 g/mol. The number of rotatable bonds is 74. The second-order valence-electron chi connectivity index (χ2n) is 33.4. The number of hydrogen-bond acceptors (Lipinski definition) is 24. The summed E-state index contributed by atoms with van der Waals surface area (Å²) < 4.78 is 73.4. The van der Waals surface area contributed by atoms with Gasteiger partial charge in [0.05, 0.1) is 13.2 Å². The van der Waals surface area contributed by atoms with Crippen LogP contribution < -0.4 is 0 Å². The highest BCUT2D eigenvalue weighted by Crippen LogP contribution is 2.49. The quantitative estimate of drug-likeness (QED) is 0.00889. The molecule has 26 heteroatoms. The van der Waals surface area contributed by atoms with E-state index in [2.05, 4.69) is 58.9 Å². The highest BCUT2D eigenvalue weighted by molar-refractivity contribution is 7.47. The minimum absolute atomic E-state index is 0.0140. The fourth-order valence-corrected chi connectivity index (χ4v) is 16.3. The molecular weight excluding hydrogens is 1510 g/mol. The summed E-state index contributed by atoms with van der Waals surface area (Å²) >= 11 is 0. The summed E-state index contributed by atoms with van der Waals surface area (Å²) in [4.78, 5) is 66.4. The summed E-state index contributed by atoms with van der Waals surface area (Å²) in [6, 6.07) is 0. The number of hydrogen-bond donors (Lipinski definition) is 10. The fourth-order valence-electron chi connectivity index (χ4n) is 15.3. The molecule has 3 fully saturated rings. The van der Waals surface area contributed by atoms with E-state index in [0.717, 1.165) is 141 Å². The van der Waals surface area contributed by atoms with Crippen molar-refractivity contribution in [2.75, 3.05) is 26.4 Å². The second kappa shape index (κ2) is 68.4. The maximum atomic E-state index is 14.9. The van der Waals surface area contributed by atoms with Gasteiger partial charge in [-0.1, -0.05) is 309 Å². The van der Waals surface area contributed by atoms with Crippen LogP contribution in [0.4, 0.5) is 0 Å². The van der Waals surface area contributed by atoms with E-state index >= 15 is 0 Å². The highest BCUT2D eigenvalue weighted by atomic mass is 31.2. The molecule has 2 saturated heterocycles. The van der Waals surface area contributed by atoms with E-state index in [1.165, 1.54) is 154 Å². The zero-order chi connectivity index (χ0) is 84.8. The van der Waals surface area contributed by atoms with Crippen molar-refractivity contribution in [3.63, 3.8) is 0 Å². The van der Waals surface area contributed by atoms with E-state index < -0.39 is 162 Å². The Morgan fingerprint density at radius 1 is 0.362 bits per heavy atom. The average Bonchev–Trinajstić information content (AvgIpc) is 0.754. The predicted octanol–water partition coefficient (Wildman–Crippen LogP) is 16.8. The van der Waals surface area contributed by atoms with E-state index in [9.17, 15) is 74.6 Å². The Kier molecular flexibility index (Phi) is 63.2. The van der Waals surface area contributed by atoms with Gasteiger partial charge >= 0.3 is 31.7 Å². The molecule has 2 heterocycles. The van der Waals surface area contributed by atoms with Gasteiger partial charge < -0.3 is 88.7 Å². The van der Waals surface area contributed by atoms with E-state index in [-0.39, 0.29) is 25.7 Å². The molecule has 0 aromatic heterocycles. The molecule has 680 valence electrons. The summed E-state index contributed by atoms with van der Waals surface area (Å²) in [6.45, 7) is 7.87. The molecule has 19 atom stereocenters. The molecule has 0 bridgehead atoms. The molecule has 0 aromatic rings. The Labute approximate surface area is 698 Å². The highest BCUT2D eigenvalue weighted by Gasteiger charge is 2.60. The molecule has 1 saturated carbocycles. The number of unbranched alkanes of at least 4 members (excludes halogenated alkanes) is 42. The second-order valence-corrected chi connectivity index (χ2v) is 34.8. The number of phosphoric acid groups is 1. The zero-order valence-corrected chi connectivity index (χ0v) is 73.4. The molecule has 0 spiro atoms. The molecule has 3 aliphatic rings. The molecule has 2 aliphatic heterocycles. The van der Waals surface area contributed by atoms with Crippen molar-refractivity contribution in [3.05, 3.63) is 24.3 Å². The summed E-state index contributed by atoms with van der Waals surface area (Å²) in [7, 11) is -5.81. The van der Waals surface area contributed by atoms with Crippen LogP contribution in [0.2, 0.25) is 0 Å². The molecule has 19 unspecified atom stereocenters. The molecule has 0 amide bonds. The van der Waals surface area contributed by atoms with E-state index in [4.69, 9.17) is 46.9 Å². The van der Waals surface area contributed by atoms with Crippen molar-refractivity contribution in [2.45, 2.75) is 492 Å². The van der Waals surface area contributed by atoms with Gasteiger partial charge in [0.1, 0.15) is 92.6 Å². The molecule has 25 nitrogen and oxygen atoms in total. The minimum atomic E-state index is -5.81. The lowest BCUT2D eigenvalue weighted by Crippen LogP contribution is -2.70. The van der Waals surface area contributed by atoms with Crippen molar-refractivity contribution in [3.8, 4) is 0 Å². The Bertz CT molecular complexity index is 2530. The van der Waals surface area contributed by atoms with Gasteiger partial charge in [-0.3, -0.25) is 28.2 Å². The lowest BCUT2D eigenvalue weighted by atomic mass is 9.84. The van der Waals surface area contributed by atoms with Gasteiger partial charge in [-0.2, -0.15) is 0 Å². The van der Waals surface area contributed by atoms with Crippen molar-refractivity contribution in [2.24, 2.45) is 5.92 Å². The van der Waals surface area contributed by atoms with Crippen LogP contribution in [0.1, 0.15) is 388 Å². The zero-order valence-electron chi connectivity index (χ0n) is 72.5. The first-order chi connectivity index (χ1) is 56.1. The largest absolute Gasteiger partial charge is 0.472 e. The van der Waals surface area contributed by atoms with Crippen LogP contribution in [0.3, 0.4) is 0 Å². The molecule has 1 aliphatic carbocycles. The van der Waals surface area contributed by atoms with Crippen molar-refractivity contribution in [1.82, 2.24) is 0 Å². The van der Waals surface area contributed by atoms with Crippen molar-refractivity contribution in [1.29, 1.82) is 0 Å². The normalized spacial score (nSPS) is 25.5. The third-order valence-corrected chi connectivity index (χ3v) is 23.8. The van der Waals surface area contributed by atoms with Crippen LogP contribution >= 0.6 is 7.82 Å². The van der Waals surface area contributed by atoms with Crippen LogP contribution in [0.25, 0.3) is 0 Å². The van der Waals surface area contributed by atoms with Crippen LogP contribution in [0.15, 0.2) is 24.3 Å². The number of aliphatic hydroxyl groups is 9. The topological polar surface area (TPSA) is 380 Å². The first-order valence-electron chi connectivity index (χ1n) is 46.5. The SMILES string of the molecule is CCCCCC/C=C\CCCCCCCCCC(=O)OC1C(O)C(O)C(OC2OC(CO)C(O)C(O)C2O)C(OP(=O)(O)OCC(COC(=O)CCCCC/C=C\CCCCCCCC)OC(=O)CCCCCCCCC(C)CCCCCCCC)C1OC1OC(COC(=O)CCCCCCCCCCCCCCC)C(O)C(O)C1O. The summed E-state index contributed by atoms with van der Waals surface area (Å²) in [5.41, 5.74) is 0. The van der Waals surface area contributed by atoms with Crippen LogP contribution in [-0.2, 0) is 70.7 Å². The predicted molar refractivity (Wildman–Crippen MR) is 449 cm³/mol. The molecule has 0 aromatic carbocycles. The first kappa shape index (κ1) is 107. The first-order valence-corrected chi connectivity index (χ1v) is 48.0. The van der Waals surface area contributed by atoms with Crippen LogP contribution in [-0.4, -0.2) is 205 Å². The minimum Gasteiger partial charge on any atom is -0.463 e. The van der Waals surface area contributed by atoms with Crippen molar-refractivity contribution >= 4 is 31.7 Å². The maximum absolute atomic E-state index is 14.9. The standard InChI is InChI=1S/C90H165O25P/c1-6-10-14-18-22-25-28-31-32-35-38-41-44-51-58-64-76(95)112-85-81(100)82(101)86(113-89-83(102)79(98)77(96)71(65-91)110-89)88(87(85)114-90-84(103)80(99)78(97)72(111-90)68-107-74(93)62-56-50-43-40-37-34-30-27-24-20-16-12-8-3)115-116(104,105)108-67-70(66-106-73(92)61-55-49-42-39-36-33-29-26-23-19-15-11-7-2)109-75(94)63-57-52-46-45-48-54-60-69(5)59-53-47-21-17-13-9-4/h25,28,33,36,69-72,77-91,96-103H,6-24,26-27,29-32,34-35,37-68H2,1-5H3,(H,104,105)/b28-25-,36-33-. The number of aliphatic hydroxyl groups excluding tert-OH is 9. The number of ether oxygens (including phenoxy) is 8. The van der Waals surface area contributed by atoms with Gasteiger partial charge in [0.25, 0.3) is 0 Å². The lowest BCUT2D eigenvalue weighted by Gasteiger charge is -2.50. The van der Waals surface area contributed by atoms with Gasteiger partial charge in [0, 0.05) is 25.7 Å². The number of phosphoric ester groups is 1.